The van der Waals surface area contributed by atoms with Crippen LogP contribution in [0.4, 0.5) is 0 Å². The van der Waals surface area contributed by atoms with Crippen molar-refractivity contribution in [1.29, 1.82) is 0 Å². The standard InChI is InChI=1S/C12H9ClN2O/c13-12-10-5-4-9(3-1-2-6-16)7-11(10)14-8-15-12/h1,3-8H,2H2. The van der Waals surface area contributed by atoms with Gasteiger partial charge in [0.05, 0.1) is 5.52 Å². The van der Waals surface area contributed by atoms with Crippen LogP contribution in [0.2, 0.25) is 5.15 Å². The average molecular weight is 233 g/mol. The van der Waals surface area contributed by atoms with E-state index in [9.17, 15) is 4.79 Å². The molecule has 0 N–H and O–H groups in total. The number of carbonyl (C=O) groups is 1. The fourth-order valence-electron chi connectivity index (χ4n) is 1.40. The highest BCUT2D eigenvalue weighted by molar-refractivity contribution is 6.34. The zero-order valence-electron chi connectivity index (χ0n) is 8.43. The van der Waals surface area contributed by atoms with Gasteiger partial charge < -0.3 is 4.79 Å². The second kappa shape index (κ2) is 4.86. The van der Waals surface area contributed by atoms with Crippen LogP contribution in [0.1, 0.15) is 12.0 Å². The summed E-state index contributed by atoms with van der Waals surface area (Å²) in [5, 5.41) is 1.28. The van der Waals surface area contributed by atoms with Crippen molar-refractivity contribution in [3.63, 3.8) is 0 Å². The van der Waals surface area contributed by atoms with Crippen molar-refractivity contribution in [3.8, 4) is 0 Å². The molecule has 0 saturated heterocycles. The molecule has 16 heavy (non-hydrogen) atoms. The minimum atomic E-state index is 0.419. The molecule has 1 heterocycles. The van der Waals surface area contributed by atoms with E-state index in [0.29, 0.717) is 11.6 Å². The van der Waals surface area contributed by atoms with Gasteiger partial charge in [0.1, 0.15) is 17.8 Å². The van der Waals surface area contributed by atoms with Crippen molar-refractivity contribution in [3.05, 3.63) is 41.3 Å². The van der Waals surface area contributed by atoms with Crippen LogP contribution >= 0.6 is 11.6 Å². The number of benzene rings is 1. The summed E-state index contributed by atoms with van der Waals surface area (Å²) in [6.07, 6.45) is 6.39. The van der Waals surface area contributed by atoms with E-state index in [0.717, 1.165) is 22.8 Å². The molecule has 1 aromatic carbocycles. The van der Waals surface area contributed by atoms with Crippen molar-refractivity contribution in [2.75, 3.05) is 0 Å². The van der Waals surface area contributed by atoms with Gasteiger partial charge >= 0.3 is 0 Å². The zero-order chi connectivity index (χ0) is 11.4. The summed E-state index contributed by atoms with van der Waals surface area (Å²) in [5.74, 6) is 0. The van der Waals surface area contributed by atoms with Crippen LogP contribution < -0.4 is 0 Å². The van der Waals surface area contributed by atoms with E-state index >= 15 is 0 Å². The first kappa shape index (κ1) is 10.8. The topological polar surface area (TPSA) is 42.9 Å². The maximum Gasteiger partial charge on any atom is 0.140 e. The van der Waals surface area contributed by atoms with Gasteiger partial charge in [-0.3, -0.25) is 0 Å². The third-order valence-electron chi connectivity index (χ3n) is 2.15. The number of aromatic nitrogens is 2. The first-order chi connectivity index (χ1) is 7.81. The van der Waals surface area contributed by atoms with Crippen molar-refractivity contribution in [2.45, 2.75) is 6.42 Å². The number of hydrogen-bond donors (Lipinski definition) is 0. The summed E-state index contributed by atoms with van der Waals surface area (Å²) in [6, 6.07) is 5.70. The molecule has 1 aromatic heterocycles. The van der Waals surface area contributed by atoms with Gasteiger partial charge in [0.2, 0.25) is 0 Å². The van der Waals surface area contributed by atoms with Gasteiger partial charge in [-0.2, -0.15) is 0 Å². The molecule has 0 aliphatic carbocycles. The van der Waals surface area contributed by atoms with Crippen molar-refractivity contribution >= 4 is 34.9 Å². The lowest BCUT2D eigenvalue weighted by atomic mass is 10.1. The molecule has 80 valence electrons. The van der Waals surface area contributed by atoms with Gasteiger partial charge in [0, 0.05) is 11.8 Å². The smallest absolute Gasteiger partial charge is 0.140 e. The summed E-state index contributed by atoms with van der Waals surface area (Å²) in [4.78, 5) is 18.2. The van der Waals surface area contributed by atoms with Crippen molar-refractivity contribution in [1.82, 2.24) is 9.97 Å². The Morgan fingerprint density at radius 1 is 1.31 bits per heavy atom. The van der Waals surface area contributed by atoms with Gasteiger partial charge in [-0.15, -0.1) is 0 Å². The Bertz CT molecular complexity index is 552. The molecule has 3 nitrogen and oxygen atoms in total. The molecule has 0 radical (unpaired) electrons. The lowest BCUT2D eigenvalue weighted by Gasteiger charge is -1.99. The maximum absolute atomic E-state index is 10.2. The van der Waals surface area contributed by atoms with E-state index in [4.69, 9.17) is 11.6 Å². The van der Waals surface area contributed by atoms with Crippen molar-refractivity contribution < 1.29 is 4.79 Å². The molecule has 0 aliphatic rings. The Kier molecular flexibility index (Phi) is 3.27. The van der Waals surface area contributed by atoms with Crippen LogP contribution in [-0.4, -0.2) is 16.3 Å². The highest BCUT2D eigenvalue weighted by atomic mass is 35.5. The number of aldehydes is 1. The molecule has 0 amide bonds. The van der Waals surface area contributed by atoms with Gasteiger partial charge in [0.25, 0.3) is 0 Å². The minimum absolute atomic E-state index is 0.419. The molecule has 0 saturated carbocycles. The van der Waals surface area contributed by atoms with E-state index in [-0.39, 0.29) is 0 Å². The first-order valence-corrected chi connectivity index (χ1v) is 5.19. The predicted molar refractivity (Wildman–Crippen MR) is 64.3 cm³/mol. The zero-order valence-corrected chi connectivity index (χ0v) is 9.19. The Morgan fingerprint density at radius 2 is 2.19 bits per heavy atom. The third-order valence-corrected chi connectivity index (χ3v) is 2.46. The van der Waals surface area contributed by atoms with Crippen LogP contribution in [-0.2, 0) is 4.79 Å². The molecule has 2 rings (SSSR count). The number of halogens is 1. The summed E-state index contributed by atoms with van der Waals surface area (Å²) < 4.78 is 0. The van der Waals surface area contributed by atoms with Crippen LogP contribution in [0, 0.1) is 0 Å². The largest absolute Gasteiger partial charge is 0.303 e. The normalized spacial score (nSPS) is 11.1. The molecule has 4 heteroatoms. The van der Waals surface area contributed by atoms with E-state index in [2.05, 4.69) is 9.97 Å². The second-order valence-electron chi connectivity index (χ2n) is 3.25. The Hall–Kier alpha value is -1.74. The summed E-state index contributed by atoms with van der Waals surface area (Å²) in [6.45, 7) is 0. The number of fused-ring (bicyclic) bond motifs is 1. The first-order valence-electron chi connectivity index (χ1n) is 4.81. The molecule has 0 spiro atoms. The molecule has 0 fully saturated rings. The number of allylic oxidation sites excluding steroid dienone is 1. The van der Waals surface area contributed by atoms with Gasteiger partial charge in [-0.25, -0.2) is 9.97 Å². The Labute approximate surface area is 97.8 Å². The molecular formula is C12H9ClN2O. The molecule has 0 aliphatic heterocycles. The Balaban J connectivity index is 2.41. The summed E-state index contributed by atoms with van der Waals surface area (Å²) in [5.41, 5.74) is 1.79. The number of rotatable bonds is 3. The van der Waals surface area contributed by atoms with Crippen LogP contribution in [0.15, 0.2) is 30.6 Å². The Morgan fingerprint density at radius 3 is 3.00 bits per heavy atom. The van der Waals surface area contributed by atoms with Crippen LogP contribution in [0.5, 0.6) is 0 Å². The van der Waals surface area contributed by atoms with Gasteiger partial charge in [0.15, 0.2) is 0 Å². The van der Waals surface area contributed by atoms with Crippen LogP contribution in [0.3, 0.4) is 0 Å². The van der Waals surface area contributed by atoms with E-state index in [1.54, 1.807) is 6.08 Å². The summed E-state index contributed by atoms with van der Waals surface area (Å²) in [7, 11) is 0. The second-order valence-corrected chi connectivity index (χ2v) is 3.60. The molecule has 2 aromatic rings. The molecule has 0 bridgehead atoms. The number of nitrogens with zero attached hydrogens (tertiary/aromatic N) is 2. The molecular weight excluding hydrogens is 224 g/mol. The fourth-order valence-corrected chi connectivity index (χ4v) is 1.61. The molecule has 0 atom stereocenters. The monoisotopic (exact) mass is 232 g/mol. The quantitative estimate of drug-likeness (QED) is 0.604. The highest BCUT2D eigenvalue weighted by Gasteiger charge is 2.00. The SMILES string of the molecule is O=CCC=Cc1ccc2c(Cl)ncnc2c1. The van der Waals surface area contributed by atoms with E-state index in [1.165, 1.54) is 6.33 Å². The number of hydrogen-bond acceptors (Lipinski definition) is 3. The van der Waals surface area contributed by atoms with Gasteiger partial charge in [-0.1, -0.05) is 29.8 Å². The fraction of sp³-hybridized carbons (Fsp3) is 0.0833. The highest BCUT2D eigenvalue weighted by Crippen LogP contribution is 2.20. The van der Waals surface area contributed by atoms with Crippen molar-refractivity contribution in [2.24, 2.45) is 0 Å². The van der Waals surface area contributed by atoms with E-state index in [1.807, 2.05) is 24.3 Å². The van der Waals surface area contributed by atoms with Gasteiger partial charge in [-0.05, 0) is 17.7 Å². The summed E-state index contributed by atoms with van der Waals surface area (Å²) >= 11 is 5.92. The van der Waals surface area contributed by atoms with E-state index < -0.39 is 0 Å². The lowest BCUT2D eigenvalue weighted by molar-refractivity contribution is -0.107. The third kappa shape index (κ3) is 2.25. The minimum Gasteiger partial charge on any atom is -0.303 e. The lowest BCUT2D eigenvalue weighted by Crippen LogP contribution is -1.84. The number of carbonyl (C=O) groups excluding carboxylic acids is 1. The molecule has 0 unspecified atom stereocenters. The maximum atomic E-state index is 10.2. The average Bonchev–Trinajstić information content (AvgIpc) is 2.30. The van der Waals surface area contributed by atoms with Crippen LogP contribution in [0.25, 0.3) is 17.0 Å². The predicted octanol–water partition coefficient (Wildman–Crippen LogP) is 2.89.